The maximum absolute atomic E-state index is 15.3. The van der Waals surface area contributed by atoms with Crippen molar-refractivity contribution in [2.24, 2.45) is 0 Å². The molecule has 3 atom stereocenters. The number of rotatable bonds is 7. The molecule has 1 saturated carbocycles. The van der Waals surface area contributed by atoms with Gasteiger partial charge in [-0.2, -0.15) is 5.10 Å². The van der Waals surface area contributed by atoms with Crippen molar-refractivity contribution in [2.75, 3.05) is 38.7 Å². The third-order valence-corrected chi connectivity index (χ3v) is 8.85. The van der Waals surface area contributed by atoms with Gasteiger partial charge in [-0.1, -0.05) is 6.07 Å². The number of nitrogens with zero attached hydrogens (tertiary/aromatic N) is 4. The van der Waals surface area contributed by atoms with Crippen molar-refractivity contribution in [3.63, 3.8) is 0 Å². The van der Waals surface area contributed by atoms with Gasteiger partial charge in [0.15, 0.2) is 6.23 Å². The standard InChI is InChI=1S/C29H37FN6O2/c1-18-11-21-20(6-7-24-22(21)16-33-36(24)27-5-3-4-10-38-27)28(35(18)17-29(30)8-9-29)23-15-32-26(12-25(23)37-2)34-19-13-31-14-19/h6-7,12,15-16,18-19,27-28,31H,3-5,8-11,13-14,17H2,1-2H3,(H,32,34)/t18-,27?,28+/m1/s1. The largest absolute Gasteiger partial charge is 0.496 e. The highest BCUT2D eigenvalue weighted by Crippen LogP contribution is 2.48. The molecule has 1 aromatic carbocycles. The van der Waals surface area contributed by atoms with E-state index in [1.54, 1.807) is 7.11 Å². The summed E-state index contributed by atoms with van der Waals surface area (Å²) in [7, 11) is 1.71. The van der Waals surface area contributed by atoms with Gasteiger partial charge >= 0.3 is 0 Å². The summed E-state index contributed by atoms with van der Waals surface area (Å²) in [6.07, 6.45) is 9.28. The summed E-state index contributed by atoms with van der Waals surface area (Å²) >= 11 is 0. The molecule has 1 aliphatic carbocycles. The fourth-order valence-electron chi connectivity index (χ4n) is 6.39. The molecule has 0 amide bonds. The molecule has 2 saturated heterocycles. The van der Waals surface area contributed by atoms with E-state index < -0.39 is 5.67 Å². The number of ether oxygens (including phenoxy) is 2. The van der Waals surface area contributed by atoms with E-state index in [1.807, 2.05) is 18.5 Å². The number of fused-ring (bicyclic) bond motifs is 3. The van der Waals surface area contributed by atoms with Gasteiger partial charge in [0, 0.05) is 55.5 Å². The molecule has 2 N–H and O–H groups in total. The zero-order valence-corrected chi connectivity index (χ0v) is 22.3. The van der Waals surface area contributed by atoms with Crippen LogP contribution in [0.1, 0.15) is 68.0 Å². The summed E-state index contributed by atoms with van der Waals surface area (Å²) < 4.78 is 29.3. The summed E-state index contributed by atoms with van der Waals surface area (Å²) in [5.41, 5.74) is 3.46. The van der Waals surface area contributed by atoms with E-state index in [2.05, 4.69) is 39.3 Å². The number of benzene rings is 1. The molecule has 3 aliphatic heterocycles. The predicted octanol–water partition coefficient (Wildman–Crippen LogP) is 4.36. The highest BCUT2D eigenvalue weighted by molar-refractivity contribution is 5.84. The molecular weight excluding hydrogens is 483 g/mol. The molecular formula is C29H37FN6O2. The minimum Gasteiger partial charge on any atom is -0.496 e. The lowest BCUT2D eigenvalue weighted by atomic mass is 9.83. The van der Waals surface area contributed by atoms with Crippen LogP contribution in [0.5, 0.6) is 5.75 Å². The highest BCUT2D eigenvalue weighted by atomic mass is 19.1. The van der Waals surface area contributed by atoms with Crippen LogP contribution >= 0.6 is 0 Å². The fourth-order valence-corrected chi connectivity index (χ4v) is 6.39. The third-order valence-electron chi connectivity index (χ3n) is 8.85. The number of alkyl halides is 1. The van der Waals surface area contributed by atoms with Crippen molar-refractivity contribution in [3.8, 4) is 5.75 Å². The molecule has 2 aromatic heterocycles. The Balaban J connectivity index is 1.32. The molecule has 3 fully saturated rings. The average Bonchev–Trinajstić information content (AvgIpc) is 3.48. The first-order chi connectivity index (χ1) is 18.5. The first-order valence-corrected chi connectivity index (χ1v) is 14.1. The monoisotopic (exact) mass is 520 g/mol. The zero-order chi connectivity index (χ0) is 25.9. The van der Waals surface area contributed by atoms with Crippen LogP contribution in [-0.4, -0.2) is 70.8 Å². The Morgan fingerprint density at radius 1 is 1.21 bits per heavy atom. The second kappa shape index (κ2) is 9.47. The Bertz CT molecular complexity index is 1330. The van der Waals surface area contributed by atoms with Gasteiger partial charge in [0.25, 0.3) is 0 Å². The number of hydrogen-bond donors (Lipinski definition) is 2. The topological polar surface area (TPSA) is 76.5 Å². The van der Waals surface area contributed by atoms with Crippen molar-refractivity contribution >= 4 is 16.7 Å². The van der Waals surface area contributed by atoms with Gasteiger partial charge < -0.3 is 20.1 Å². The molecule has 9 heteroatoms. The maximum Gasteiger partial charge on any atom is 0.150 e. The molecule has 0 bridgehead atoms. The van der Waals surface area contributed by atoms with Crippen molar-refractivity contribution in [2.45, 2.75) is 75.5 Å². The van der Waals surface area contributed by atoms with Gasteiger partial charge in [0.05, 0.1) is 30.9 Å². The van der Waals surface area contributed by atoms with Crippen molar-refractivity contribution < 1.29 is 13.9 Å². The Morgan fingerprint density at radius 3 is 2.79 bits per heavy atom. The van der Waals surface area contributed by atoms with Crippen LogP contribution in [0.2, 0.25) is 0 Å². The molecule has 38 heavy (non-hydrogen) atoms. The number of anilines is 1. The normalized spacial score (nSPS) is 27.1. The lowest BCUT2D eigenvalue weighted by molar-refractivity contribution is -0.0366. The first kappa shape index (κ1) is 24.3. The SMILES string of the molecule is COc1cc(NC2CNC2)ncc1[C@@H]1c2ccc3c(cnn3C3CCCCO3)c2C[C@@H](C)N1CC1(F)CC1. The van der Waals surface area contributed by atoms with E-state index in [0.29, 0.717) is 25.4 Å². The summed E-state index contributed by atoms with van der Waals surface area (Å²) in [5.74, 6) is 1.58. The smallest absolute Gasteiger partial charge is 0.150 e. The summed E-state index contributed by atoms with van der Waals surface area (Å²) in [6.45, 7) is 5.28. The van der Waals surface area contributed by atoms with Gasteiger partial charge in [-0.25, -0.2) is 14.1 Å². The molecule has 0 spiro atoms. The van der Waals surface area contributed by atoms with E-state index in [4.69, 9.17) is 19.6 Å². The average molecular weight is 521 g/mol. The fraction of sp³-hybridized carbons (Fsp3) is 0.586. The molecule has 1 unspecified atom stereocenters. The minimum absolute atomic E-state index is 0.0101. The van der Waals surface area contributed by atoms with Crippen LogP contribution in [0.4, 0.5) is 10.2 Å². The molecule has 8 nitrogen and oxygen atoms in total. The summed E-state index contributed by atoms with van der Waals surface area (Å²) in [4.78, 5) is 7.12. The van der Waals surface area contributed by atoms with Crippen molar-refractivity contribution in [3.05, 3.63) is 47.3 Å². The van der Waals surface area contributed by atoms with Crippen molar-refractivity contribution in [1.82, 2.24) is 25.0 Å². The zero-order valence-electron chi connectivity index (χ0n) is 22.3. The van der Waals surface area contributed by atoms with Crippen LogP contribution < -0.4 is 15.4 Å². The van der Waals surface area contributed by atoms with Crippen LogP contribution in [0.25, 0.3) is 10.9 Å². The third kappa shape index (κ3) is 4.25. The molecule has 7 rings (SSSR count). The predicted molar refractivity (Wildman–Crippen MR) is 144 cm³/mol. The summed E-state index contributed by atoms with van der Waals surface area (Å²) in [6, 6.07) is 6.76. The lowest BCUT2D eigenvalue weighted by Gasteiger charge is -2.43. The van der Waals surface area contributed by atoms with Crippen LogP contribution in [0.3, 0.4) is 0 Å². The molecule has 202 valence electrons. The minimum atomic E-state index is -1.10. The second-order valence-corrected chi connectivity index (χ2v) is 11.6. The van der Waals surface area contributed by atoms with E-state index in [-0.39, 0.29) is 18.3 Å². The van der Waals surface area contributed by atoms with Crippen LogP contribution in [0, 0.1) is 0 Å². The number of hydrogen-bond acceptors (Lipinski definition) is 7. The number of pyridine rings is 1. The summed E-state index contributed by atoms with van der Waals surface area (Å²) in [5, 5.41) is 12.7. The lowest BCUT2D eigenvalue weighted by Crippen LogP contribution is -2.51. The molecule has 5 heterocycles. The Labute approximate surface area is 222 Å². The van der Waals surface area contributed by atoms with Gasteiger partial charge in [-0.3, -0.25) is 4.90 Å². The first-order valence-electron chi connectivity index (χ1n) is 14.1. The Morgan fingerprint density at radius 2 is 2.08 bits per heavy atom. The van der Waals surface area contributed by atoms with Gasteiger partial charge in [0.2, 0.25) is 0 Å². The number of halogens is 1. The number of nitrogens with one attached hydrogen (secondary N) is 2. The molecule has 0 radical (unpaired) electrons. The quantitative estimate of drug-likeness (QED) is 0.479. The number of aromatic nitrogens is 3. The Hall–Kier alpha value is -2.75. The van der Waals surface area contributed by atoms with Crippen LogP contribution in [-0.2, 0) is 11.2 Å². The molecule has 4 aliphatic rings. The maximum atomic E-state index is 15.3. The van der Waals surface area contributed by atoms with E-state index >= 15 is 4.39 Å². The van der Waals surface area contributed by atoms with E-state index in [9.17, 15) is 0 Å². The van der Waals surface area contributed by atoms with Crippen molar-refractivity contribution in [1.29, 1.82) is 0 Å². The van der Waals surface area contributed by atoms with Crippen LogP contribution in [0.15, 0.2) is 30.6 Å². The van der Waals surface area contributed by atoms with Gasteiger partial charge in [-0.15, -0.1) is 0 Å². The Kier molecular flexibility index (Phi) is 6.05. The highest BCUT2D eigenvalue weighted by Gasteiger charge is 2.48. The number of methoxy groups -OCH3 is 1. The van der Waals surface area contributed by atoms with E-state index in [1.165, 1.54) is 11.1 Å². The van der Waals surface area contributed by atoms with E-state index in [0.717, 1.165) is 73.4 Å². The second-order valence-electron chi connectivity index (χ2n) is 11.6. The van der Waals surface area contributed by atoms with Gasteiger partial charge in [-0.05, 0) is 62.6 Å². The molecule has 3 aromatic rings. The van der Waals surface area contributed by atoms with Gasteiger partial charge in [0.1, 0.15) is 17.2 Å².